The summed E-state index contributed by atoms with van der Waals surface area (Å²) in [6.07, 6.45) is 0.582. The van der Waals surface area contributed by atoms with Crippen molar-refractivity contribution in [1.82, 2.24) is 14.7 Å². The van der Waals surface area contributed by atoms with E-state index < -0.39 is 42.2 Å². The number of fused-ring (bicyclic) bond motifs is 1. The maximum absolute atomic E-state index is 13.9. The van der Waals surface area contributed by atoms with Crippen LogP contribution in [0.1, 0.15) is 31.4 Å². The number of hydrogen-bond donors (Lipinski definition) is 0. The van der Waals surface area contributed by atoms with E-state index in [0.717, 1.165) is 11.1 Å². The van der Waals surface area contributed by atoms with Crippen LogP contribution in [-0.2, 0) is 41.7 Å². The van der Waals surface area contributed by atoms with Crippen LogP contribution in [0.2, 0.25) is 0 Å². The molecule has 1 saturated heterocycles. The van der Waals surface area contributed by atoms with Crippen molar-refractivity contribution >= 4 is 17.9 Å². The zero-order valence-corrected chi connectivity index (χ0v) is 25.6. The van der Waals surface area contributed by atoms with Gasteiger partial charge in [0.25, 0.3) is 0 Å². The van der Waals surface area contributed by atoms with Crippen molar-refractivity contribution in [1.29, 1.82) is 0 Å². The van der Waals surface area contributed by atoms with Crippen LogP contribution < -0.4 is 9.47 Å². The molecule has 2 aromatic rings. The van der Waals surface area contributed by atoms with E-state index in [-0.39, 0.29) is 26.2 Å². The number of carbonyl (C=O) groups is 3. The second kappa shape index (κ2) is 14.4. The van der Waals surface area contributed by atoms with Gasteiger partial charge in [0.15, 0.2) is 6.17 Å². The minimum Gasteiger partial charge on any atom is -0.497 e. The number of hydrogen-bond acceptors (Lipinski definition) is 11. The van der Waals surface area contributed by atoms with Gasteiger partial charge in [-0.2, -0.15) is 0 Å². The van der Waals surface area contributed by atoms with Crippen molar-refractivity contribution in [2.75, 3.05) is 41.6 Å². The largest absolute Gasteiger partial charge is 0.497 e. The molecular formula is C32H41N3O8. The fourth-order valence-electron chi connectivity index (χ4n) is 6.06. The molecule has 2 aromatic carbocycles. The lowest BCUT2D eigenvalue weighted by Crippen LogP contribution is -2.73. The van der Waals surface area contributed by atoms with Gasteiger partial charge in [0.05, 0.1) is 46.3 Å². The van der Waals surface area contributed by atoms with Gasteiger partial charge in [-0.05, 0) is 55.7 Å². The van der Waals surface area contributed by atoms with Gasteiger partial charge >= 0.3 is 17.9 Å². The van der Waals surface area contributed by atoms with E-state index in [0.29, 0.717) is 23.6 Å². The van der Waals surface area contributed by atoms with Gasteiger partial charge in [-0.3, -0.25) is 14.6 Å². The average Bonchev–Trinajstić information content (AvgIpc) is 3.01. The highest BCUT2D eigenvalue weighted by atomic mass is 16.5. The summed E-state index contributed by atoms with van der Waals surface area (Å²) in [6.45, 7) is 4.43. The van der Waals surface area contributed by atoms with E-state index in [2.05, 4.69) is 0 Å². The lowest BCUT2D eigenvalue weighted by molar-refractivity contribution is -0.198. The minimum atomic E-state index is -0.949. The van der Waals surface area contributed by atoms with Crippen LogP contribution >= 0.6 is 0 Å². The fourth-order valence-corrected chi connectivity index (χ4v) is 6.06. The topological polar surface area (TPSA) is 107 Å². The minimum absolute atomic E-state index is 0.165. The molecule has 0 bridgehead atoms. The molecule has 2 heterocycles. The van der Waals surface area contributed by atoms with Gasteiger partial charge in [-0.1, -0.05) is 24.3 Å². The standard InChI is InChI=1S/C32H41N3O8/c1-7-42-31(37)27-26-17-23(30(36)41-6)20-33(3)28(26)35(19-22-11-15-25(40-5)16-12-22)29(32(38)43-8-2)34(27)18-21-9-13-24(39-4)14-10-21/h9-16,20,26-29H,7-8,17-19H2,1-6H3/t26-,27+,28-,29+/m0/s1. The van der Waals surface area contributed by atoms with Crippen molar-refractivity contribution in [2.24, 2.45) is 5.92 Å². The summed E-state index contributed by atoms with van der Waals surface area (Å²) in [7, 11) is 6.37. The van der Waals surface area contributed by atoms with Crippen LogP contribution in [0.5, 0.6) is 11.5 Å². The molecule has 232 valence electrons. The predicted molar refractivity (Wildman–Crippen MR) is 158 cm³/mol. The molecule has 0 spiro atoms. The number of esters is 3. The van der Waals surface area contributed by atoms with E-state index in [1.54, 1.807) is 34.3 Å². The fraction of sp³-hybridized carbons (Fsp3) is 0.469. The van der Waals surface area contributed by atoms with Crippen molar-refractivity contribution < 1.29 is 38.1 Å². The quantitative estimate of drug-likeness (QED) is 0.282. The Morgan fingerprint density at radius 2 is 1.28 bits per heavy atom. The van der Waals surface area contributed by atoms with Gasteiger partial charge in [0.2, 0.25) is 0 Å². The first-order valence-electron chi connectivity index (χ1n) is 14.4. The maximum Gasteiger partial charge on any atom is 0.338 e. The Bertz CT molecular complexity index is 1300. The molecule has 0 aliphatic carbocycles. The Kier molecular flexibility index (Phi) is 10.7. The molecule has 0 amide bonds. The van der Waals surface area contributed by atoms with E-state index in [4.69, 9.17) is 23.7 Å². The molecule has 0 N–H and O–H groups in total. The van der Waals surface area contributed by atoms with Crippen LogP contribution in [-0.4, -0.2) is 92.6 Å². The number of nitrogens with zero attached hydrogens (tertiary/aromatic N) is 3. The zero-order chi connectivity index (χ0) is 31.1. The third kappa shape index (κ3) is 6.94. The van der Waals surface area contributed by atoms with Crippen molar-refractivity contribution in [3.8, 4) is 11.5 Å². The Hall–Kier alpha value is -4.09. The lowest BCUT2D eigenvalue weighted by Gasteiger charge is -2.57. The molecule has 4 atom stereocenters. The van der Waals surface area contributed by atoms with Crippen LogP contribution in [0, 0.1) is 5.92 Å². The summed E-state index contributed by atoms with van der Waals surface area (Å²) in [5, 5.41) is 0. The number of rotatable bonds is 11. The first-order chi connectivity index (χ1) is 20.8. The van der Waals surface area contributed by atoms with Crippen molar-refractivity contribution in [3.05, 3.63) is 71.4 Å². The van der Waals surface area contributed by atoms with E-state index in [1.807, 2.05) is 70.3 Å². The second-order valence-electron chi connectivity index (χ2n) is 10.5. The Morgan fingerprint density at radius 1 is 0.767 bits per heavy atom. The molecule has 11 nitrogen and oxygen atoms in total. The molecule has 0 aromatic heterocycles. The van der Waals surface area contributed by atoms with Gasteiger partial charge in [-0.15, -0.1) is 0 Å². The monoisotopic (exact) mass is 595 g/mol. The molecule has 2 aliphatic heterocycles. The Morgan fingerprint density at radius 3 is 1.77 bits per heavy atom. The number of carbonyl (C=O) groups excluding carboxylic acids is 3. The van der Waals surface area contributed by atoms with Gasteiger partial charge in [-0.25, -0.2) is 9.59 Å². The van der Waals surface area contributed by atoms with Crippen LogP contribution in [0.25, 0.3) is 0 Å². The first kappa shape index (κ1) is 31.8. The second-order valence-corrected chi connectivity index (χ2v) is 10.5. The van der Waals surface area contributed by atoms with E-state index in [9.17, 15) is 14.4 Å². The first-order valence-corrected chi connectivity index (χ1v) is 14.4. The van der Waals surface area contributed by atoms with Gasteiger partial charge in [0.1, 0.15) is 17.5 Å². The molecular weight excluding hydrogens is 554 g/mol. The third-order valence-electron chi connectivity index (χ3n) is 7.87. The molecule has 0 radical (unpaired) electrons. The summed E-state index contributed by atoms with van der Waals surface area (Å²) in [5.74, 6) is -0.466. The lowest BCUT2D eigenvalue weighted by atomic mass is 9.81. The highest BCUT2D eigenvalue weighted by molar-refractivity contribution is 5.89. The van der Waals surface area contributed by atoms with Crippen molar-refractivity contribution in [3.63, 3.8) is 0 Å². The smallest absolute Gasteiger partial charge is 0.338 e. The highest BCUT2D eigenvalue weighted by Gasteiger charge is 2.56. The average molecular weight is 596 g/mol. The third-order valence-corrected chi connectivity index (χ3v) is 7.87. The number of benzene rings is 2. The maximum atomic E-state index is 13.9. The van der Waals surface area contributed by atoms with Crippen molar-refractivity contribution in [2.45, 2.75) is 51.7 Å². The molecule has 2 aliphatic rings. The number of ether oxygens (including phenoxy) is 5. The Labute approximate surface area is 252 Å². The molecule has 0 saturated carbocycles. The molecule has 43 heavy (non-hydrogen) atoms. The van der Waals surface area contributed by atoms with E-state index in [1.165, 1.54) is 7.11 Å². The van der Waals surface area contributed by atoms with Gasteiger partial charge < -0.3 is 28.6 Å². The predicted octanol–water partition coefficient (Wildman–Crippen LogP) is 3.18. The zero-order valence-electron chi connectivity index (χ0n) is 25.6. The van der Waals surface area contributed by atoms with Crippen LogP contribution in [0.4, 0.5) is 0 Å². The highest BCUT2D eigenvalue weighted by Crippen LogP contribution is 2.41. The summed E-state index contributed by atoms with van der Waals surface area (Å²) in [4.78, 5) is 46.3. The molecule has 0 unspecified atom stereocenters. The van der Waals surface area contributed by atoms with Gasteiger partial charge in [0, 0.05) is 32.3 Å². The summed E-state index contributed by atoms with van der Waals surface area (Å²) in [6, 6.07) is 14.2. The Balaban J connectivity index is 1.89. The SMILES string of the molecule is CCOC(=O)[C@@H]1N(Cc2ccc(OC)cc2)[C@@H](C(=O)OCC)[C@@H]2CC(C(=O)OC)=CN(C)[C@H]2N1Cc1ccc(OC)cc1. The normalized spacial score (nSPS) is 22.2. The van der Waals surface area contributed by atoms with Crippen LogP contribution in [0.15, 0.2) is 60.3 Å². The summed E-state index contributed by atoms with van der Waals surface area (Å²) in [5.41, 5.74) is 2.23. The summed E-state index contributed by atoms with van der Waals surface area (Å²) >= 11 is 0. The summed E-state index contributed by atoms with van der Waals surface area (Å²) < 4.78 is 27.0. The molecule has 1 fully saturated rings. The van der Waals surface area contributed by atoms with Crippen LogP contribution in [0.3, 0.4) is 0 Å². The number of methoxy groups -OCH3 is 3. The molecule has 11 heteroatoms. The molecule has 4 rings (SSSR count). The van der Waals surface area contributed by atoms with E-state index >= 15 is 0 Å².